The highest BCUT2D eigenvalue weighted by atomic mass is 16.5. The highest BCUT2D eigenvalue weighted by molar-refractivity contribution is 5.86. The number of rotatable bonds is 7. The van der Waals surface area contributed by atoms with Gasteiger partial charge in [-0.1, -0.05) is 13.8 Å². The van der Waals surface area contributed by atoms with Crippen LogP contribution < -0.4 is 9.64 Å². The fourth-order valence-corrected chi connectivity index (χ4v) is 3.26. The lowest BCUT2D eigenvalue weighted by Gasteiger charge is -2.38. The molecule has 2 rings (SSSR count). The number of carboxylic acid groups (broad SMARTS) is 1. The third-order valence-electron chi connectivity index (χ3n) is 4.71. The monoisotopic (exact) mass is 364 g/mol. The maximum absolute atomic E-state index is 12.8. The number of hydrogen-bond donors (Lipinski definition) is 2. The van der Waals surface area contributed by atoms with Gasteiger partial charge in [0.25, 0.3) is 0 Å². The zero-order valence-corrected chi connectivity index (χ0v) is 15.6. The average Bonchev–Trinajstić information content (AvgIpc) is 2.65. The first-order valence-corrected chi connectivity index (χ1v) is 8.92. The lowest BCUT2D eigenvalue weighted by atomic mass is 9.90. The van der Waals surface area contributed by atoms with Crippen LogP contribution in [0.25, 0.3) is 0 Å². The predicted molar refractivity (Wildman–Crippen MR) is 98.4 cm³/mol. The van der Waals surface area contributed by atoms with Crippen molar-refractivity contribution in [1.29, 1.82) is 0 Å². The Kier molecular flexibility index (Phi) is 6.85. The van der Waals surface area contributed by atoms with Crippen LogP contribution in [0.5, 0.6) is 5.75 Å². The second kappa shape index (κ2) is 8.89. The van der Waals surface area contributed by atoms with E-state index in [1.165, 1.54) is 0 Å². The number of aliphatic hydroxyl groups is 1. The Balaban J connectivity index is 1.99. The molecule has 1 heterocycles. The normalized spacial score (nSPS) is 17.1. The number of ether oxygens (including phenoxy) is 1. The van der Waals surface area contributed by atoms with Gasteiger partial charge in [-0.25, -0.2) is 4.79 Å². The molecule has 0 saturated carbocycles. The molecule has 1 aromatic rings. The summed E-state index contributed by atoms with van der Waals surface area (Å²) in [5.41, 5.74) is 1.06. The van der Waals surface area contributed by atoms with E-state index in [0.717, 1.165) is 11.4 Å². The highest BCUT2D eigenvalue weighted by Crippen LogP contribution is 2.23. The first-order chi connectivity index (χ1) is 12.3. The molecule has 7 heteroatoms. The zero-order valence-electron chi connectivity index (χ0n) is 15.6. The first kappa shape index (κ1) is 20.0. The number of methoxy groups -OCH3 is 1. The molecule has 1 aliphatic rings. The number of aliphatic hydroxyl groups excluding tert-OH is 1. The van der Waals surface area contributed by atoms with Crippen LogP contribution in [0, 0.1) is 11.8 Å². The van der Waals surface area contributed by atoms with Crippen LogP contribution in [0.2, 0.25) is 0 Å². The Morgan fingerprint density at radius 3 is 2.15 bits per heavy atom. The van der Waals surface area contributed by atoms with E-state index in [4.69, 9.17) is 9.84 Å². The molecular formula is C19H28N2O5. The molecule has 0 unspecified atom stereocenters. The summed E-state index contributed by atoms with van der Waals surface area (Å²) in [7, 11) is 1.62. The van der Waals surface area contributed by atoms with Crippen molar-refractivity contribution in [2.45, 2.75) is 26.4 Å². The van der Waals surface area contributed by atoms with Crippen molar-refractivity contribution in [3.05, 3.63) is 24.3 Å². The molecular weight excluding hydrogens is 336 g/mol. The first-order valence-electron chi connectivity index (χ1n) is 8.92. The summed E-state index contributed by atoms with van der Waals surface area (Å²) in [5.74, 6) is -1.61. The van der Waals surface area contributed by atoms with Crippen molar-refractivity contribution in [3.8, 4) is 5.75 Å². The summed E-state index contributed by atoms with van der Waals surface area (Å²) in [4.78, 5) is 27.8. The fourth-order valence-electron chi connectivity index (χ4n) is 3.26. The Morgan fingerprint density at radius 1 is 1.12 bits per heavy atom. The van der Waals surface area contributed by atoms with Crippen LogP contribution in [0.3, 0.4) is 0 Å². The number of hydrogen-bond acceptors (Lipinski definition) is 5. The van der Waals surface area contributed by atoms with Gasteiger partial charge in [0.05, 0.1) is 13.0 Å². The second-order valence-corrected chi connectivity index (χ2v) is 7.03. The van der Waals surface area contributed by atoms with Gasteiger partial charge < -0.3 is 24.7 Å². The molecule has 0 bridgehead atoms. The minimum Gasteiger partial charge on any atom is -0.497 e. The maximum Gasteiger partial charge on any atom is 0.333 e. The highest BCUT2D eigenvalue weighted by Gasteiger charge is 2.36. The van der Waals surface area contributed by atoms with E-state index in [1.54, 1.807) is 12.0 Å². The summed E-state index contributed by atoms with van der Waals surface area (Å²) in [5, 5.41) is 19.1. The van der Waals surface area contributed by atoms with E-state index in [9.17, 15) is 14.7 Å². The van der Waals surface area contributed by atoms with Gasteiger partial charge in [0.15, 0.2) is 6.10 Å². The molecule has 7 nitrogen and oxygen atoms in total. The smallest absolute Gasteiger partial charge is 0.333 e. The van der Waals surface area contributed by atoms with Crippen LogP contribution in [-0.4, -0.2) is 66.4 Å². The topological polar surface area (TPSA) is 90.3 Å². The molecule has 1 aromatic carbocycles. The number of amides is 1. The van der Waals surface area contributed by atoms with Gasteiger partial charge in [-0.15, -0.1) is 0 Å². The number of benzene rings is 1. The molecule has 26 heavy (non-hydrogen) atoms. The van der Waals surface area contributed by atoms with Crippen molar-refractivity contribution >= 4 is 17.6 Å². The molecule has 1 saturated heterocycles. The van der Waals surface area contributed by atoms with Crippen molar-refractivity contribution in [3.63, 3.8) is 0 Å². The number of aliphatic carboxylic acids is 1. The fraction of sp³-hybridized carbons (Fsp3) is 0.579. The van der Waals surface area contributed by atoms with Gasteiger partial charge in [-0.2, -0.15) is 0 Å². The van der Waals surface area contributed by atoms with Gasteiger partial charge in [0.1, 0.15) is 5.75 Å². The second-order valence-electron chi connectivity index (χ2n) is 7.03. The van der Waals surface area contributed by atoms with Gasteiger partial charge >= 0.3 is 5.97 Å². The van der Waals surface area contributed by atoms with Crippen molar-refractivity contribution in [2.75, 3.05) is 38.2 Å². The quantitative estimate of drug-likeness (QED) is 0.761. The molecule has 0 radical (unpaired) electrons. The third-order valence-corrected chi connectivity index (χ3v) is 4.71. The number of carboxylic acids is 1. The summed E-state index contributed by atoms with van der Waals surface area (Å²) in [6.45, 7) is 6.16. The predicted octanol–water partition coefficient (Wildman–Crippen LogP) is 1.45. The molecule has 1 amide bonds. The third kappa shape index (κ3) is 4.88. The SMILES string of the molecule is COc1ccc(N2CCN(C(=O)[C@@H](CC(C)C)[C@@H](O)C(=O)O)CC2)cc1. The van der Waals surface area contributed by atoms with Crippen LogP contribution in [-0.2, 0) is 9.59 Å². The van der Waals surface area contributed by atoms with Crippen LogP contribution in [0.4, 0.5) is 5.69 Å². The summed E-state index contributed by atoms with van der Waals surface area (Å²) in [6.07, 6.45) is -1.31. The lowest BCUT2D eigenvalue weighted by molar-refractivity contribution is -0.157. The Labute approximate surface area is 154 Å². The van der Waals surface area contributed by atoms with E-state index >= 15 is 0 Å². The van der Waals surface area contributed by atoms with Crippen molar-refractivity contribution in [2.24, 2.45) is 11.8 Å². The molecule has 144 valence electrons. The molecule has 1 aliphatic heterocycles. The van der Waals surface area contributed by atoms with Gasteiger partial charge in [0, 0.05) is 31.9 Å². The average molecular weight is 364 g/mol. The standard InChI is InChI=1S/C19H28N2O5/c1-13(2)12-16(17(22)19(24)25)18(23)21-10-8-20(9-11-21)14-4-6-15(26-3)7-5-14/h4-7,13,16-17,22H,8-12H2,1-3H3,(H,24,25)/t16-,17+/m0/s1. The Bertz CT molecular complexity index is 609. The molecule has 2 N–H and O–H groups in total. The number of carbonyl (C=O) groups is 2. The Hall–Kier alpha value is -2.28. The molecule has 2 atom stereocenters. The van der Waals surface area contributed by atoms with Gasteiger partial charge in [0.2, 0.25) is 5.91 Å². The van der Waals surface area contributed by atoms with E-state index in [0.29, 0.717) is 32.6 Å². The van der Waals surface area contributed by atoms with Crippen LogP contribution in [0.15, 0.2) is 24.3 Å². The van der Waals surface area contributed by atoms with E-state index < -0.39 is 18.0 Å². The summed E-state index contributed by atoms with van der Waals surface area (Å²) < 4.78 is 5.16. The number of nitrogens with zero attached hydrogens (tertiary/aromatic N) is 2. The largest absolute Gasteiger partial charge is 0.497 e. The number of anilines is 1. The molecule has 0 spiro atoms. The van der Waals surface area contributed by atoms with Crippen LogP contribution >= 0.6 is 0 Å². The molecule has 0 aromatic heterocycles. The maximum atomic E-state index is 12.8. The summed E-state index contributed by atoms with van der Waals surface area (Å²) >= 11 is 0. The number of piperazine rings is 1. The van der Waals surface area contributed by atoms with Gasteiger partial charge in [-0.05, 0) is 36.6 Å². The van der Waals surface area contributed by atoms with Crippen LogP contribution in [0.1, 0.15) is 20.3 Å². The number of carbonyl (C=O) groups excluding carboxylic acids is 1. The minimum atomic E-state index is -1.66. The zero-order chi connectivity index (χ0) is 19.3. The van der Waals surface area contributed by atoms with E-state index in [1.807, 2.05) is 38.1 Å². The summed E-state index contributed by atoms with van der Waals surface area (Å²) in [6, 6.07) is 7.75. The molecule has 0 aliphatic carbocycles. The van der Waals surface area contributed by atoms with Gasteiger partial charge in [-0.3, -0.25) is 4.79 Å². The van der Waals surface area contributed by atoms with Crippen molar-refractivity contribution in [1.82, 2.24) is 4.90 Å². The van der Waals surface area contributed by atoms with E-state index in [2.05, 4.69) is 4.90 Å². The van der Waals surface area contributed by atoms with Crippen molar-refractivity contribution < 1.29 is 24.5 Å². The Morgan fingerprint density at radius 2 is 1.69 bits per heavy atom. The lowest BCUT2D eigenvalue weighted by Crippen LogP contribution is -2.52. The molecule has 1 fully saturated rings. The minimum absolute atomic E-state index is 0.124. The van der Waals surface area contributed by atoms with E-state index in [-0.39, 0.29) is 11.8 Å².